The predicted octanol–water partition coefficient (Wildman–Crippen LogP) is 5.33. The average Bonchev–Trinajstić information content (AvgIpc) is 3.15. The van der Waals surface area contributed by atoms with Crippen LogP contribution < -0.4 is 9.64 Å². The second kappa shape index (κ2) is 10.8. The van der Waals surface area contributed by atoms with Crippen LogP contribution in [0.3, 0.4) is 0 Å². The van der Waals surface area contributed by atoms with Gasteiger partial charge in [-0.1, -0.05) is 23.7 Å². The number of hydrogen-bond acceptors (Lipinski definition) is 7. The highest BCUT2D eigenvalue weighted by Gasteiger charge is 2.47. The number of benzene rings is 2. The molecule has 1 amide bonds. The van der Waals surface area contributed by atoms with Gasteiger partial charge in [-0.2, -0.15) is 0 Å². The van der Waals surface area contributed by atoms with Gasteiger partial charge in [0.2, 0.25) is 0 Å². The van der Waals surface area contributed by atoms with Crippen molar-refractivity contribution in [2.45, 2.75) is 32.9 Å². The lowest BCUT2D eigenvalue weighted by Gasteiger charge is -2.25. The summed E-state index contributed by atoms with van der Waals surface area (Å²) in [5, 5.41) is 11.7. The third-order valence-corrected chi connectivity index (χ3v) is 5.96. The van der Waals surface area contributed by atoms with E-state index < -0.39 is 23.7 Å². The van der Waals surface area contributed by atoms with E-state index in [2.05, 4.69) is 4.98 Å². The monoisotopic (exact) mass is 520 g/mol. The van der Waals surface area contributed by atoms with E-state index in [1.807, 2.05) is 0 Å². The Labute approximate surface area is 219 Å². The zero-order valence-corrected chi connectivity index (χ0v) is 21.2. The molecule has 2 heterocycles. The fourth-order valence-electron chi connectivity index (χ4n) is 4.09. The van der Waals surface area contributed by atoms with Crippen LogP contribution in [0.4, 0.5) is 5.69 Å². The van der Waals surface area contributed by atoms with Crippen molar-refractivity contribution in [3.63, 3.8) is 0 Å². The van der Waals surface area contributed by atoms with Gasteiger partial charge in [0.1, 0.15) is 11.5 Å². The second-order valence-corrected chi connectivity index (χ2v) is 8.95. The Morgan fingerprint density at radius 1 is 1.11 bits per heavy atom. The van der Waals surface area contributed by atoms with Gasteiger partial charge >= 0.3 is 5.97 Å². The second-order valence-electron chi connectivity index (χ2n) is 8.54. The van der Waals surface area contributed by atoms with E-state index in [4.69, 9.17) is 21.1 Å². The van der Waals surface area contributed by atoms with Gasteiger partial charge < -0.3 is 14.6 Å². The molecule has 0 saturated carbocycles. The highest BCUT2D eigenvalue weighted by molar-refractivity contribution is 6.51. The number of anilines is 1. The molecule has 190 valence electrons. The summed E-state index contributed by atoms with van der Waals surface area (Å²) in [6.45, 7) is 5.61. The number of aromatic nitrogens is 1. The molecule has 3 aromatic rings. The molecule has 1 unspecified atom stereocenters. The van der Waals surface area contributed by atoms with Gasteiger partial charge in [0.15, 0.2) is 0 Å². The van der Waals surface area contributed by atoms with Crippen LogP contribution in [0.25, 0.3) is 5.76 Å². The van der Waals surface area contributed by atoms with Crippen molar-refractivity contribution in [1.82, 2.24) is 4.98 Å². The summed E-state index contributed by atoms with van der Waals surface area (Å²) in [5.74, 6) is -2.35. The van der Waals surface area contributed by atoms with Crippen LogP contribution >= 0.6 is 11.6 Å². The topological polar surface area (TPSA) is 106 Å². The molecule has 1 aliphatic heterocycles. The molecule has 9 heteroatoms. The average molecular weight is 521 g/mol. The van der Waals surface area contributed by atoms with E-state index in [9.17, 15) is 19.5 Å². The summed E-state index contributed by atoms with van der Waals surface area (Å²) >= 11 is 6.19. The van der Waals surface area contributed by atoms with E-state index in [1.165, 1.54) is 29.3 Å². The summed E-state index contributed by atoms with van der Waals surface area (Å²) < 4.78 is 10.8. The predicted molar refractivity (Wildman–Crippen MR) is 139 cm³/mol. The van der Waals surface area contributed by atoms with E-state index in [0.717, 1.165) is 0 Å². The molecule has 2 aromatic carbocycles. The molecule has 37 heavy (non-hydrogen) atoms. The summed E-state index contributed by atoms with van der Waals surface area (Å²) in [7, 11) is 0. The fourth-order valence-corrected chi connectivity index (χ4v) is 4.26. The van der Waals surface area contributed by atoms with Crippen LogP contribution in [0, 0.1) is 0 Å². The van der Waals surface area contributed by atoms with Gasteiger partial charge in [0.25, 0.3) is 11.7 Å². The Morgan fingerprint density at radius 2 is 1.89 bits per heavy atom. The van der Waals surface area contributed by atoms with Crippen LogP contribution in [0.1, 0.15) is 48.3 Å². The minimum Gasteiger partial charge on any atom is -0.507 e. The number of ketones is 1. The van der Waals surface area contributed by atoms with Crippen molar-refractivity contribution >= 4 is 40.7 Å². The van der Waals surface area contributed by atoms with Crippen LogP contribution in [-0.2, 0) is 14.3 Å². The lowest BCUT2D eigenvalue weighted by molar-refractivity contribution is -0.132. The number of esters is 1. The molecule has 4 rings (SSSR count). The molecule has 1 atom stereocenters. The van der Waals surface area contributed by atoms with E-state index in [0.29, 0.717) is 28.6 Å². The van der Waals surface area contributed by atoms with Crippen molar-refractivity contribution in [1.29, 1.82) is 0 Å². The number of nitrogens with zero attached hydrogens (tertiary/aromatic N) is 2. The smallest absolute Gasteiger partial charge is 0.338 e. The Kier molecular flexibility index (Phi) is 7.59. The van der Waals surface area contributed by atoms with Crippen molar-refractivity contribution in [2.24, 2.45) is 0 Å². The zero-order chi connectivity index (χ0) is 26.7. The Hall–Kier alpha value is -4.17. The minimum atomic E-state index is -1.00. The molecular weight excluding hydrogens is 496 g/mol. The number of carbonyl (C=O) groups excluding carboxylic acids is 3. The molecule has 0 radical (unpaired) electrons. The SMILES string of the molecule is CCOc1cc(/C(O)=C2\C(=O)C(=O)N(c3cccc(C(=O)OC(C)C)c3)C2c2cccnc2)ccc1Cl. The number of aliphatic hydroxyl groups is 1. The van der Waals surface area contributed by atoms with Crippen LogP contribution in [0.2, 0.25) is 5.02 Å². The number of ether oxygens (including phenoxy) is 2. The zero-order valence-electron chi connectivity index (χ0n) is 20.5. The summed E-state index contributed by atoms with van der Waals surface area (Å²) in [6.07, 6.45) is 2.74. The number of halogens is 1. The largest absolute Gasteiger partial charge is 0.507 e. The fraction of sp³-hybridized carbons (Fsp3) is 0.214. The lowest BCUT2D eigenvalue weighted by atomic mass is 9.96. The first-order chi connectivity index (χ1) is 17.7. The van der Waals surface area contributed by atoms with Crippen molar-refractivity contribution < 1.29 is 29.0 Å². The first-order valence-corrected chi connectivity index (χ1v) is 12.0. The molecule has 1 aliphatic rings. The van der Waals surface area contributed by atoms with Gasteiger partial charge in [-0.25, -0.2) is 4.79 Å². The molecule has 0 aliphatic carbocycles. The van der Waals surface area contributed by atoms with Crippen molar-refractivity contribution in [3.05, 3.63) is 94.3 Å². The molecule has 0 spiro atoms. The summed E-state index contributed by atoms with van der Waals surface area (Å²) in [4.78, 5) is 44.6. The third kappa shape index (κ3) is 5.20. The highest BCUT2D eigenvalue weighted by Crippen LogP contribution is 2.42. The molecule has 1 saturated heterocycles. The summed E-state index contributed by atoms with van der Waals surface area (Å²) in [6, 6.07) is 13.2. The standard InChI is InChI=1S/C28H25ClN2O6/c1-4-36-22-14-17(10-11-21(22)29)25(32)23-24(19-8-6-12-30-15-19)31(27(34)26(23)33)20-9-5-7-18(13-20)28(35)37-16(2)3/h5-16,24,32H,4H2,1-3H3/b25-23+. The van der Waals surface area contributed by atoms with Crippen molar-refractivity contribution in [2.75, 3.05) is 11.5 Å². The first-order valence-electron chi connectivity index (χ1n) is 11.7. The number of Topliss-reactive ketones (excluding diaryl/α,β-unsaturated/α-hetero) is 1. The molecule has 8 nitrogen and oxygen atoms in total. The molecule has 0 bridgehead atoms. The van der Waals surface area contributed by atoms with Gasteiger partial charge in [0, 0.05) is 23.6 Å². The van der Waals surface area contributed by atoms with Crippen LogP contribution in [0.15, 0.2) is 72.6 Å². The van der Waals surface area contributed by atoms with Crippen LogP contribution in [0.5, 0.6) is 5.75 Å². The van der Waals surface area contributed by atoms with Gasteiger partial charge in [-0.15, -0.1) is 0 Å². The third-order valence-electron chi connectivity index (χ3n) is 5.65. The number of rotatable bonds is 7. The Morgan fingerprint density at radius 3 is 2.57 bits per heavy atom. The molecule has 1 aromatic heterocycles. The van der Waals surface area contributed by atoms with E-state index in [1.54, 1.807) is 63.4 Å². The summed E-state index contributed by atoms with van der Waals surface area (Å²) in [5.41, 5.74) is 1.14. The van der Waals surface area contributed by atoms with E-state index >= 15 is 0 Å². The maximum Gasteiger partial charge on any atom is 0.338 e. The number of carbonyl (C=O) groups is 3. The van der Waals surface area contributed by atoms with Crippen LogP contribution in [-0.4, -0.2) is 40.5 Å². The highest BCUT2D eigenvalue weighted by atomic mass is 35.5. The minimum absolute atomic E-state index is 0.127. The number of pyridine rings is 1. The lowest BCUT2D eigenvalue weighted by Crippen LogP contribution is -2.29. The Balaban J connectivity index is 1.88. The molecule has 1 N–H and O–H groups in total. The first kappa shape index (κ1) is 25.9. The Bertz CT molecular complexity index is 1390. The normalized spacial score (nSPS) is 16.8. The van der Waals surface area contributed by atoms with Crippen molar-refractivity contribution in [3.8, 4) is 5.75 Å². The number of amides is 1. The quantitative estimate of drug-likeness (QED) is 0.194. The number of hydrogen-bond donors (Lipinski definition) is 1. The number of aliphatic hydroxyl groups excluding tert-OH is 1. The molecular formula is C28H25ClN2O6. The maximum atomic E-state index is 13.4. The maximum absolute atomic E-state index is 13.4. The van der Waals surface area contributed by atoms with Gasteiger partial charge in [-0.3, -0.25) is 19.5 Å². The van der Waals surface area contributed by atoms with Gasteiger partial charge in [0.05, 0.1) is 34.9 Å². The van der Waals surface area contributed by atoms with Gasteiger partial charge in [-0.05, 0) is 68.8 Å². The van der Waals surface area contributed by atoms with E-state index in [-0.39, 0.29) is 28.6 Å². The molecule has 1 fully saturated rings.